The van der Waals surface area contributed by atoms with Gasteiger partial charge in [0.15, 0.2) is 0 Å². The first kappa shape index (κ1) is 17.6. The van der Waals surface area contributed by atoms with Crippen LogP contribution in [-0.2, 0) is 16.5 Å². The summed E-state index contributed by atoms with van der Waals surface area (Å²) in [5.74, 6) is -0.652. The van der Waals surface area contributed by atoms with Crippen molar-refractivity contribution in [2.45, 2.75) is 11.3 Å². The molecule has 0 saturated carbocycles. The largest absolute Gasteiger partial charge is 0.369 e. The number of anilines is 1. The van der Waals surface area contributed by atoms with Gasteiger partial charge in [-0.2, -0.15) is 13.4 Å². The molecule has 136 valence electrons. The van der Waals surface area contributed by atoms with Gasteiger partial charge in [-0.05, 0) is 18.2 Å². The maximum atomic E-state index is 12.2. The molecule has 2 aromatic heterocycles. The number of carbonyl (C=O) groups excluding carboxylic acids is 1. The number of nitrogens with zero attached hydrogens (tertiary/aromatic N) is 1. The van der Waals surface area contributed by atoms with E-state index in [-0.39, 0.29) is 23.6 Å². The first-order valence-electron chi connectivity index (χ1n) is 7.48. The van der Waals surface area contributed by atoms with E-state index < -0.39 is 20.9 Å². The van der Waals surface area contributed by atoms with Gasteiger partial charge in [0.05, 0.1) is 10.9 Å². The minimum atomic E-state index is -4.51. The highest BCUT2D eigenvalue weighted by atomic mass is 32.2. The maximum Gasteiger partial charge on any atom is 0.295 e. The Morgan fingerprint density at radius 3 is 2.73 bits per heavy atom. The van der Waals surface area contributed by atoms with Crippen LogP contribution in [0, 0.1) is 0 Å². The summed E-state index contributed by atoms with van der Waals surface area (Å²) in [6.07, 6.45) is 0.343. The molecule has 6 N–H and O–H groups in total. The first-order chi connectivity index (χ1) is 12.3. The Kier molecular flexibility index (Phi) is 4.49. The van der Waals surface area contributed by atoms with Crippen molar-refractivity contribution in [3.8, 4) is 0 Å². The Morgan fingerprint density at radius 1 is 1.27 bits per heavy atom. The lowest BCUT2D eigenvalue weighted by atomic mass is 10.2. The van der Waals surface area contributed by atoms with Crippen molar-refractivity contribution in [2.24, 2.45) is 0 Å². The molecule has 0 bridgehead atoms. The number of hydrogen-bond acceptors (Lipinski definition) is 6. The highest BCUT2D eigenvalue weighted by molar-refractivity contribution is 7.86. The fourth-order valence-corrected chi connectivity index (χ4v) is 3.20. The van der Waals surface area contributed by atoms with Crippen molar-refractivity contribution >= 4 is 33.0 Å². The molecule has 0 saturated heterocycles. The molecular formula is C15H15N5O5S. The highest BCUT2D eigenvalue weighted by Gasteiger charge is 2.19. The van der Waals surface area contributed by atoms with E-state index >= 15 is 0 Å². The molecule has 0 atom stereocenters. The molecule has 0 aliphatic heterocycles. The number of carbonyl (C=O) groups is 1. The molecular weight excluding hydrogens is 362 g/mol. The number of aromatic nitrogens is 3. The van der Waals surface area contributed by atoms with E-state index in [1.807, 2.05) is 0 Å². The summed E-state index contributed by atoms with van der Waals surface area (Å²) in [7, 11) is -4.51. The van der Waals surface area contributed by atoms with Crippen molar-refractivity contribution in [3.63, 3.8) is 0 Å². The number of H-pyrrole nitrogens is 2. The number of aromatic amines is 2. The van der Waals surface area contributed by atoms with E-state index in [4.69, 9.17) is 5.73 Å². The normalized spacial score (nSPS) is 11.6. The minimum absolute atomic E-state index is 0.00831. The summed E-state index contributed by atoms with van der Waals surface area (Å²) in [6.45, 7) is 0.166. The van der Waals surface area contributed by atoms with E-state index in [1.165, 1.54) is 18.2 Å². The van der Waals surface area contributed by atoms with E-state index in [0.717, 1.165) is 6.07 Å². The molecule has 0 fully saturated rings. The van der Waals surface area contributed by atoms with Gasteiger partial charge >= 0.3 is 0 Å². The van der Waals surface area contributed by atoms with Crippen LogP contribution >= 0.6 is 0 Å². The van der Waals surface area contributed by atoms with Crippen LogP contribution in [0.1, 0.15) is 16.1 Å². The minimum Gasteiger partial charge on any atom is -0.369 e. The molecule has 2 heterocycles. The lowest BCUT2D eigenvalue weighted by Crippen LogP contribution is -2.27. The Morgan fingerprint density at radius 2 is 2.00 bits per heavy atom. The van der Waals surface area contributed by atoms with Crippen LogP contribution in [0.4, 0.5) is 5.95 Å². The standard InChI is InChI=1S/C15H15N5O5S/c16-15-19-12-10(14(22)20-15)7-8(18-12)5-6-17-13(21)9-3-1-2-4-11(9)26(23,24)25/h1-4,7H,5-6H2,(H,17,21)(H,23,24,25)(H4,16,18,19,20,22). The Hall–Kier alpha value is -3.18. The average Bonchev–Trinajstić information content (AvgIpc) is 2.97. The lowest BCUT2D eigenvalue weighted by Gasteiger charge is -2.07. The fourth-order valence-electron chi connectivity index (χ4n) is 2.51. The van der Waals surface area contributed by atoms with Crippen molar-refractivity contribution in [2.75, 3.05) is 12.3 Å². The van der Waals surface area contributed by atoms with E-state index in [9.17, 15) is 22.6 Å². The van der Waals surface area contributed by atoms with Gasteiger partial charge in [-0.25, -0.2) is 0 Å². The van der Waals surface area contributed by atoms with Crippen LogP contribution in [0.5, 0.6) is 0 Å². The predicted molar refractivity (Wildman–Crippen MR) is 93.4 cm³/mol. The smallest absolute Gasteiger partial charge is 0.295 e. The predicted octanol–water partition coefficient (Wildman–Crippen LogP) is 0.0526. The van der Waals surface area contributed by atoms with Crippen molar-refractivity contribution in [1.29, 1.82) is 0 Å². The SMILES string of the molecule is Nc1nc2[nH]c(CCNC(=O)c3ccccc3S(=O)(=O)O)cc2c(=O)[nH]1. The zero-order valence-corrected chi connectivity index (χ0v) is 14.1. The third-order valence-corrected chi connectivity index (χ3v) is 4.57. The zero-order valence-electron chi connectivity index (χ0n) is 13.3. The van der Waals surface area contributed by atoms with Crippen molar-refractivity contribution < 1.29 is 17.8 Å². The Bertz CT molecular complexity index is 1150. The van der Waals surface area contributed by atoms with Gasteiger partial charge in [-0.15, -0.1) is 0 Å². The zero-order chi connectivity index (χ0) is 18.9. The molecule has 11 heteroatoms. The highest BCUT2D eigenvalue weighted by Crippen LogP contribution is 2.15. The molecule has 1 aromatic carbocycles. The number of amides is 1. The first-order valence-corrected chi connectivity index (χ1v) is 8.92. The van der Waals surface area contributed by atoms with Crippen molar-refractivity contribution in [3.05, 3.63) is 51.9 Å². The van der Waals surface area contributed by atoms with Gasteiger partial charge in [0.1, 0.15) is 10.5 Å². The van der Waals surface area contributed by atoms with Crippen LogP contribution in [-0.4, -0.2) is 40.4 Å². The van der Waals surface area contributed by atoms with Gasteiger partial charge in [0.2, 0.25) is 5.95 Å². The molecule has 0 aliphatic rings. The van der Waals surface area contributed by atoms with E-state index in [2.05, 4.69) is 20.3 Å². The molecule has 0 radical (unpaired) electrons. The van der Waals surface area contributed by atoms with Gasteiger partial charge in [-0.3, -0.25) is 19.1 Å². The molecule has 3 aromatic rings. The summed E-state index contributed by atoms with van der Waals surface area (Å²) in [5.41, 5.74) is 5.93. The average molecular weight is 377 g/mol. The van der Waals surface area contributed by atoms with E-state index in [1.54, 1.807) is 6.07 Å². The second-order valence-electron chi connectivity index (χ2n) is 5.49. The quantitative estimate of drug-likeness (QED) is 0.391. The number of nitrogen functional groups attached to an aromatic ring is 1. The van der Waals surface area contributed by atoms with Crippen molar-refractivity contribution in [1.82, 2.24) is 20.3 Å². The summed E-state index contributed by atoms with van der Waals surface area (Å²) < 4.78 is 31.9. The molecule has 0 unspecified atom stereocenters. The van der Waals surface area contributed by atoms with Crippen LogP contribution in [0.2, 0.25) is 0 Å². The Balaban J connectivity index is 1.72. The molecule has 0 aliphatic carbocycles. The third-order valence-electron chi connectivity index (χ3n) is 3.66. The second kappa shape index (κ2) is 6.61. The van der Waals surface area contributed by atoms with Gasteiger partial charge in [0.25, 0.3) is 21.6 Å². The monoisotopic (exact) mass is 377 g/mol. The number of fused-ring (bicyclic) bond motifs is 1. The number of nitrogens with two attached hydrogens (primary N) is 1. The summed E-state index contributed by atoms with van der Waals surface area (Å²) in [5, 5.41) is 2.91. The summed E-state index contributed by atoms with van der Waals surface area (Å²) in [4.78, 5) is 32.8. The van der Waals surface area contributed by atoms with Crippen LogP contribution in [0.25, 0.3) is 11.0 Å². The number of benzene rings is 1. The maximum absolute atomic E-state index is 12.2. The molecule has 26 heavy (non-hydrogen) atoms. The lowest BCUT2D eigenvalue weighted by molar-refractivity contribution is 0.0950. The van der Waals surface area contributed by atoms with Crippen LogP contribution < -0.4 is 16.6 Å². The summed E-state index contributed by atoms with van der Waals surface area (Å²) in [6, 6.07) is 6.93. The van der Waals surface area contributed by atoms with E-state index in [0.29, 0.717) is 23.1 Å². The fraction of sp³-hybridized carbons (Fsp3) is 0.133. The summed E-state index contributed by atoms with van der Waals surface area (Å²) >= 11 is 0. The van der Waals surface area contributed by atoms with Gasteiger partial charge < -0.3 is 16.0 Å². The molecule has 3 rings (SSSR count). The second-order valence-corrected chi connectivity index (χ2v) is 6.88. The molecule has 0 spiro atoms. The van der Waals surface area contributed by atoms with Crippen LogP contribution in [0.15, 0.2) is 40.0 Å². The molecule has 1 amide bonds. The van der Waals surface area contributed by atoms with Gasteiger partial charge in [0, 0.05) is 18.7 Å². The number of rotatable bonds is 5. The Labute approximate surface area is 147 Å². The number of nitrogens with one attached hydrogen (secondary N) is 3. The topological polar surface area (TPSA) is 171 Å². The molecule has 10 nitrogen and oxygen atoms in total. The number of hydrogen-bond donors (Lipinski definition) is 5. The van der Waals surface area contributed by atoms with Crippen LogP contribution in [0.3, 0.4) is 0 Å². The third kappa shape index (κ3) is 3.58. The van der Waals surface area contributed by atoms with Gasteiger partial charge in [-0.1, -0.05) is 12.1 Å².